The van der Waals surface area contributed by atoms with Gasteiger partial charge in [-0.1, -0.05) is 18.2 Å². The van der Waals surface area contributed by atoms with Crippen molar-refractivity contribution in [3.63, 3.8) is 0 Å². The Morgan fingerprint density at radius 3 is 2.61 bits per heavy atom. The first-order valence-corrected chi connectivity index (χ1v) is 8.92. The van der Waals surface area contributed by atoms with Crippen LogP contribution in [-0.4, -0.2) is 33.4 Å². The third-order valence-electron chi connectivity index (χ3n) is 4.15. The number of rotatable bonds is 8. The Hall–Kier alpha value is -3.61. The minimum atomic E-state index is -0.996. The van der Waals surface area contributed by atoms with Crippen molar-refractivity contribution in [3.8, 4) is 11.4 Å². The van der Waals surface area contributed by atoms with Gasteiger partial charge < -0.3 is 15.2 Å². The molecule has 2 N–H and O–H groups in total. The van der Waals surface area contributed by atoms with E-state index in [1.54, 1.807) is 65.6 Å². The van der Waals surface area contributed by atoms with E-state index < -0.39 is 12.0 Å². The van der Waals surface area contributed by atoms with Crippen molar-refractivity contribution in [2.75, 3.05) is 6.61 Å². The number of benzene rings is 2. The van der Waals surface area contributed by atoms with E-state index in [2.05, 4.69) is 10.4 Å². The normalized spacial score (nSPS) is 11.6. The zero-order valence-corrected chi connectivity index (χ0v) is 15.4. The molecule has 3 aromatic rings. The highest BCUT2D eigenvalue weighted by Crippen LogP contribution is 2.21. The van der Waals surface area contributed by atoms with Crippen molar-refractivity contribution >= 4 is 11.9 Å². The largest absolute Gasteiger partial charge is 0.494 e. The van der Waals surface area contributed by atoms with Crippen molar-refractivity contribution in [2.24, 2.45) is 0 Å². The van der Waals surface area contributed by atoms with E-state index in [4.69, 9.17) is 4.74 Å². The first kappa shape index (κ1) is 19.2. The summed E-state index contributed by atoms with van der Waals surface area (Å²) in [6.45, 7) is 2.43. The van der Waals surface area contributed by atoms with Gasteiger partial charge in [0.25, 0.3) is 5.91 Å². The molecule has 0 bridgehead atoms. The van der Waals surface area contributed by atoms with Crippen LogP contribution < -0.4 is 10.1 Å². The number of carboxylic acids is 1. The molecule has 1 atom stereocenters. The molecule has 144 valence electrons. The van der Waals surface area contributed by atoms with Crippen LogP contribution in [0.15, 0.2) is 67.0 Å². The second-order valence-corrected chi connectivity index (χ2v) is 6.13. The molecule has 0 radical (unpaired) electrons. The molecule has 0 spiro atoms. The maximum atomic E-state index is 12.7. The van der Waals surface area contributed by atoms with Gasteiger partial charge in [-0.25, -0.2) is 4.68 Å². The number of carbonyl (C=O) groups excluding carboxylic acids is 1. The molecular weight excluding hydrogens is 358 g/mol. The van der Waals surface area contributed by atoms with Crippen LogP contribution in [0.25, 0.3) is 5.69 Å². The van der Waals surface area contributed by atoms with E-state index in [-0.39, 0.29) is 12.3 Å². The zero-order valence-electron chi connectivity index (χ0n) is 15.4. The molecule has 0 aliphatic heterocycles. The maximum Gasteiger partial charge on any atom is 0.305 e. The van der Waals surface area contributed by atoms with Gasteiger partial charge in [-0.15, -0.1) is 0 Å². The Morgan fingerprint density at radius 1 is 1.18 bits per heavy atom. The van der Waals surface area contributed by atoms with E-state index in [0.29, 0.717) is 23.5 Å². The summed E-state index contributed by atoms with van der Waals surface area (Å²) < 4.78 is 7.06. The van der Waals surface area contributed by atoms with Gasteiger partial charge in [-0.05, 0) is 48.9 Å². The quantitative estimate of drug-likeness (QED) is 0.627. The van der Waals surface area contributed by atoms with Gasteiger partial charge in [0.15, 0.2) is 0 Å². The Bertz CT molecular complexity index is 937. The third kappa shape index (κ3) is 4.76. The SMILES string of the molecule is CCOc1ccc(C(CC(=O)O)NC(=O)c2cccc(-n3cccn3)c2)cc1. The van der Waals surface area contributed by atoms with E-state index >= 15 is 0 Å². The summed E-state index contributed by atoms with van der Waals surface area (Å²) in [5.74, 6) is -0.655. The van der Waals surface area contributed by atoms with E-state index in [0.717, 1.165) is 5.69 Å². The Kier molecular flexibility index (Phi) is 6.06. The van der Waals surface area contributed by atoms with Crippen LogP contribution in [0.3, 0.4) is 0 Å². The molecule has 1 heterocycles. The fourth-order valence-electron chi connectivity index (χ4n) is 2.84. The van der Waals surface area contributed by atoms with Crippen molar-refractivity contribution in [1.29, 1.82) is 0 Å². The average molecular weight is 379 g/mol. The van der Waals surface area contributed by atoms with Crippen LogP contribution in [0.5, 0.6) is 5.75 Å². The highest BCUT2D eigenvalue weighted by atomic mass is 16.5. The lowest BCUT2D eigenvalue weighted by atomic mass is 10.0. The fraction of sp³-hybridized carbons (Fsp3) is 0.190. The summed E-state index contributed by atoms with van der Waals surface area (Å²) in [7, 11) is 0. The van der Waals surface area contributed by atoms with Gasteiger partial charge in [-0.3, -0.25) is 9.59 Å². The van der Waals surface area contributed by atoms with Crippen LogP contribution in [0.2, 0.25) is 0 Å². The van der Waals surface area contributed by atoms with Gasteiger partial charge in [0.2, 0.25) is 0 Å². The highest BCUT2D eigenvalue weighted by Gasteiger charge is 2.19. The monoisotopic (exact) mass is 379 g/mol. The van der Waals surface area contributed by atoms with Gasteiger partial charge in [0.1, 0.15) is 5.75 Å². The van der Waals surface area contributed by atoms with Gasteiger partial charge in [-0.2, -0.15) is 5.10 Å². The summed E-state index contributed by atoms with van der Waals surface area (Å²) in [5.41, 5.74) is 1.87. The molecule has 1 amide bonds. The molecule has 0 saturated carbocycles. The Morgan fingerprint density at radius 2 is 1.96 bits per heavy atom. The van der Waals surface area contributed by atoms with Crippen molar-refractivity contribution in [3.05, 3.63) is 78.1 Å². The predicted octanol–water partition coefficient (Wildman–Crippen LogP) is 3.22. The van der Waals surface area contributed by atoms with Gasteiger partial charge >= 0.3 is 5.97 Å². The molecule has 0 aliphatic rings. The lowest BCUT2D eigenvalue weighted by molar-refractivity contribution is -0.137. The van der Waals surface area contributed by atoms with Crippen LogP contribution in [0, 0.1) is 0 Å². The first-order valence-electron chi connectivity index (χ1n) is 8.92. The minimum absolute atomic E-state index is 0.224. The third-order valence-corrected chi connectivity index (χ3v) is 4.15. The molecule has 0 fully saturated rings. The molecular formula is C21H21N3O4. The van der Waals surface area contributed by atoms with Crippen molar-refractivity contribution in [2.45, 2.75) is 19.4 Å². The summed E-state index contributed by atoms with van der Waals surface area (Å²) >= 11 is 0. The average Bonchev–Trinajstić information content (AvgIpc) is 3.23. The van der Waals surface area contributed by atoms with Crippen molar-refractivity contribution < 1.29 is 19.4 Å². The number of ether oxygens (including phenoxy) is 1. The summed E-state index contributed by atoms with van der Waals surface area (Å²) in [5, 5.41) is 16.2. The van der Waals surface area contributed by atoms with Crippen LogP contribution in [0.4, 0.5) is 0 Å². The Labute approximate surface area is 162 Å². The predicted molar refractivity (Wildman–Crippen MR) is 104 cm³/mol. The molecule has 7 nitrogen and oxygen atoms in total. The van der Waals surface area contributed by atoms with Crippen molar-refractivity contribution in [1.82, 2.24) is 15.1 Å². The number of hydrogen-bond donors (Lipinski definition) is 2. The highest BCUT2D eigenvalue weighted by molar-refractivity contribution is 5.95. The second-order valence-electron chi connectivity index (χ2n) is 6.13. The van der Waals surface area contributed by atoms with Crippen LogP contribution in [-0.2, 0) is 4.79 Å². The zero-order chi connectivity index (χ0) is 19.9. The number of amides is 1. The molecule has 7 heteroatoms. The number of nitrogens with zero attached hydrogens (tertiary/aromatic N) is 2. The van der Waals surface area contributed by atoms with Gasteiger partial charge in [0, 0.05) is 18.0 Å². The topological polar surface area (TPSA) is 93.5 Å². The lowest BCUT2D eigenvalue weighted by Gasteiger charge is -2.18. The lowest BCUT2D eigenvalue weighted by Crippen LogP contribution is -2.30. The summed E-state index contributed by atoms with van der Waals surface area (Å²) in [6, 6.07) is 15.2. The first-order chi connectivity index (χ1) is 13.6. The molecule has 1 unspecified atom stereocenters. The fourth-order valence-corrected chi connectivity index (χ4v) is 2.84. The number of aromatic nitrogens is 2. The number of carboxylic acid groups (broad SMARTS) is 1. The summed E-state index contributed by atoms with van der Waals surface area (Å²) in [6.07, 6.45) is 3.21. The van der Waals surface area contributed by atoms with E-state index in [1.807, 2.05) is 13.0 Å². The molecule has 28 heavy (non-hydrogen) atoms. The maximum absolute atomic E-state index is 12.7. The Balaban J connectivity index is 1.79. The molecule has 3 rings (SSSR count). The van der Waals surface area contributed by atoms with Gasteiger partial charge in [0.05, 0.1) is 24.8 Å². The van der Waals surface area contributed by atoms with E-state index in [9.17, 15) is 14.7 Å². The standard InChI is InChI=1S/C21H21N3O4/c1-2-28-18-9-7-15(8-10-18)19(14-20(25)26)23-21(27)16-5-3-6-17(13-16)24-12-4-11-22-24/h3-13,19H,2,14H2,1H3,(H,23,27)(H,25,26). The molecule has 0 aliphatic carbocycles. The van der Waals surface area contributed by atoms with Crippen LogP contribution in [0.1, 0.15) is 35.3 Å². The number of hydrogen-bond acceptors (Lipinski definition) is 4. The molecule has 0 saturated heterocycles. The molecule has 1 aromatic heterocycles. The summed E-state index contributed by atoms with van der Waals surface area (Å²) in [4.78, 5) is 24.0. The minimum Gasteiger partial charge on any atom is -0.494 e. The number of carbonyl (C=O) groups is 2. The number of nitrogens with one attached hydrogen (secondary N) is 1. The van der Waals surface area contributed by atoms with Crippen LogP contribution >= 0.6 is 0 Å². The molecule has 2 aromatic carbocycles. The number of aliphatic carboxylic acids is 1. The van der Waals surface area contributed by atoms with E-state index in [1.165, 1.54) is 0 Å². The second kappa shape index (κ2) is 8.85. The smallest absolute Gasteiger partial charge is 0.305 e.